The highest BCUT2D eigenvalue weighted by Crippen LogP contribution is 2.31. The Kier molecular flexibility index (Phi) is 4.51. The van der Waals surface area contributed by atoms with Gasteiger partial charge in [0.15, 0.2) is 0 Å². The van der Waals surface area contributed by atoms with Gasteiger partial charge in [-0.05, 0) is 42.5 Å². The van der Waals surface area contributed by atoms with Gasteiger partial charge in [0.25, 0.3) is 0 Å². The highest BCUT2D eigenvalue weighted by atomic mass is 35.5. The molecule has 1 aromatic carbocycles. The van der Waals surface area contributed by atoms with Crippen LogP contribution in [-0.4, -0.2) is 7.11 Å². The smallest absolute Gasteiger partial charge is 0.137 e. The first-order valence-corrected chi connectivity index (χ1v) is 7.30. The predicted molar refractivity (Wildman–Crippen MR) is 85.0 cm³/mol. The molecule has 1 N–H and O–H groups in total. The van der Waals surface area contributed by atoms with E-state index < -0.39 is 0 Å². The molecule has 0 aliphatic rings. The number of hydrogen-bond acceptors (Lipinski definition) is 4. The third-order valence-corrected chi connectivity index (χ3v) is 3.57. The summed E-state index contributed by atoms with van der Waals surface area (Å²) in [6.45, 7) is 1.29. The van der Waals surface area contributed by atoms with Crippen LogP contribution in [0.2, 0.25) is 5.02 Å². The van der Waals surface area contributed by atoms with Crippen LogP contribution in [0.3, 0.4) is 0 Å². The lowest BCUT2D eigenvalue weighted by Crippen LogP contribution is -2.11. The van der Waals surface area contributed by atoms with E-state index in [4.69, 9.17) is 25.2 Å². The summed E-state index contributed by atoms with van der Waals surface area (Å²) in [5.74, 6) is 3.18. The van der Waals surface area contributed by atoms with E-state index in [1.54, 1.807) is 13.4 Å². The average Bonchev–Trinajstić information content (AvgIpc) is 3.19. The number of nitrogens with one attached hydrogen (secondary N) is 1. The van der Waals surface area contributed by atoms with Crippen LogP contribution >= 0.6 is 11.6 Å². The maximum Gasteiger partial charge on any atom is 0.137 e. The summed E-state index contributed by atoms with van der Waals surface area (Å²) in [4.78, 5) is 0. The summed E-state index contributed by atoms with van der Waals surface area (Å²) in [7, 11) is 1.59. The van der Waals surface area contributed by atoms with Crippen LogP contribution in [0.4, 0.5) is 0 Å². The van der Waals surface area contributed by atoms with Gasteiger partial charge in [0.1, 0.15) is 23.0 Å². The molecule has 4 nitrogen and oxygen atoms in total. The lowest BCUT2D eigenvalue weighted by Gasteiger charge is -2.04. The maximum absolute atomic E-state index is 6.14. The van der Waals surface area contributed by atoms with Crippen molar-refractivity contribution in [2.24, 2.45) is 0 Å². The van der Waals surface area contributed by atoms with Crippen LogP contribution in [0, 0.1) is 0 Å². The van der Waals surface area contributed by atoms with Gasteiger partial charge in [0.2, 0.25) is 0 Å². The molecule has 0 atom stereocenters. The van der Waals surface area contributed by atoms with Gasteiger partial charge < -0.3 is 18.9 Å². The summed E-state index contributed by atoms with van der Waals surface area (Å²) in [5, 5.41) is 3.83. The van der Waals surface area contributed by atoms with E-state index in [0.29, 0.717) is 23.9 Å². The third kappa shape index (κ3) is 3.35. The van der Waals surface area contributed by atoms with Gasteiger partial charge in [0, 0.05) is 5.56 Å². The molecule has 3 aromatic rings. The normalized spacial score (nSPS) is 10.8. The van der Waals surface area contributed by atoms with E-state index in [-0.39, 0.29) is 0 Å². The minimum atomic E-state index is 0.564. The quantitative estimate of drug-likeness (QED) is 0.727. The first kappa shape index (κ1) is 14.8. The van der Waals surface area contributed by atoms with Crippen LogP contribution in [0.15, 0.2) is 57.6 Å². The molecule has 0 fully saturated rings. The van der Waals surface area contributed by atoms with Crippen molar-refractivity contribution in [3.05, 3.63) is 65.3 Å². The highest BCUT2D eigenvalue weighted by Gasteiger charge is 2.08. The standard InChI is InChI=1S/C17H16ClNO3/c1-20-17-6-4-12(9-15(17)18)16-7-5-14(22-16)11-19-10-13-3-2-8-21-13/h2-9,19H,10-11H2,1H3. The van der Waals surface area contributed by atoms with Gasteiger partial charge in [-0.25, -0.2) is 0 Å². The zero-order valence-electron chi connectivity index (χ0n) is 12.1. The molecule has 0 amide bonds. The molecule has 3 rings (SSSR count). The van der Waals surface area contributed by atoms with Crippen LogP contribution in [0.5, 0.6) is 5.75 Å². The Labute approximate surface area is 133 Å². The SMILES string of the molecule is COc1ccc(-c2ccc(CNCc3ccco3)o2)cc1Cl. The van der Waals surface area contributed by atoms with E-state index in [0.717, 1.165) is 22.8 Å². The molecule has 0 unspecified atom stereocenters. The fraction of sp³-hybridized carbons (Fsp3) is 0.176. The van der Waals surface area contributed by atoms with Crippen LogP contribution in [0.25, 0.3) is 11.3 Å². The van der Waals surface area contributed by atoms with Gasteiger partial charge in [-0.2, -0.15) is 0 Å². The summed E-state index contributed by atoms with van der Waals surface area (Å²) >= 11 is 6.14. The van der Waals surface area contributed by atoms with Crippen molar-refractivity contribution in [3.63, 3.8) is 0 Å². The second-order valence-electron chi connectivity index (χ2n) is 4.80. The molecule has 0 bridgehead atoms. The summed E-state index contributed by atoms with van der Waals surface area (Å²) in [6, 6.07) is 13.3. The monoisotopic (exact) mass is 317 g/mol. The van der Waals surface area contributed by atoms with Gasteiger partial charge in [-0.15, -0.1) is 0 Å². The first-order valence-electron chi connectivity index (χ1n) is 6.92. The van der Waals surface area contributed by atoms with Crippen molar-refractivity contribution >= 4 is 11.6 Å². The second kappa shape index (κ2) is 6.73. The molecule has 22 heavy (non-hydrogen) atoms. The largest absolute Gasteiger partial charge is 0.495 e. The lowest BCUT2D eigenvalue weighted by molar-refractivity contribution is 0.415. The fourth-order valence-corrected chi connectivity index (χ4v) is 2.43. The van der Waals surface area contributed by atoms with E-state index in [1.165, 1.54) is 0 Å². The molecule has 114 valence electrons. The van der Waals surface area contributed by atoms with Crippen molar-refractivity contribution in [1.29, 1.82) is 0 Å². The second-order valence-corrected chi connectivity index (χ2v) is 5.21. The topological polar surface area (TPSA) is 47.5 Å². The Balaban J connectivity index is 1.64. The molecule has 0 saturated carbocycles. The average molecular weight is 318 g/mol. The Morgan fingerprint density at radius 2 is 1.95 bits per heavy atom. The number of furan rings is 2. The molecule has 2 aromatic heterocycles. The molecule has 0 spiro atoms. The zero-order valence-corrected chi connectivity index (χ0v) is 12.9. The predicted octanol–water partition coefficient (Wildman–Crippen LogP) is 4.49. The van der Waals surface area contributed by atoms with Crippen molar-refractivity contribution in [2.75, 3.05) is 7.11 Å². The molecule has 2 heterocycles. The van der Waals surface area contributed by atoms with Crippen LogP contribution in [0.1, 0.15) is 11.5 Å². The number of hydrogen-bond donors (Lipinski definition) is 1. The Hall–Kier alpha value is -2.17. The maximum atomic E-state index is 6.14. The van der Waals surface area contributed by atoms with Crippen LogP contribution in [-0.2, 0) is 13.1 Å². The van der Waals surface area contributed by atoms with E-state index in [2.05, 4.69) is 5.32 Å². The van der Waals surface area contributed by atoms with E-state index in [1.807, 2.05) is 42.5 Å². The molecule has 0 saturated heterocycles. The number of rotatable bonds is 6. The molecule has 0 radical (unpaired) electrons. The summed E-state index contributed by atoms with van der Waals surface area (Å²) < 4.78 is 16.2. The van der Waals surface area contributed by atoms with Crippen molar-refractivity contribution < 1.29 is 13.6 Å². The molecule has 5 heteroatoms. The lowest BCUT2D eigenvalue weighted by atomic mass is 10.2. The van der Waals surface area contributed by atoms with Crippen molar-refractivity contribution in [1.82, 2.24) is 5.32 Å². The molecule has 0 aliphatic carbocycles. The van der Waals surface area contributed by atoms with E-state index >= 15 is 0 Å². The van der Waals surface area contributed by atoms with Gasteiger partial charge in [0.05, 0.1) is 31.5 Å². The van der Waals surface area contributed by atoms with Gasteiger partial charge in [-0.1, -0.05) is 11.6 Å². The number of ether oxygens (including phenoxy) is 1. The number of benzene rings is 1. The number of halogens is 1. The summed E-state index contributed by atoms with van der Waals surface area (Å²) in [5.41, 5.74) is 0.920. The molecular formula is C17H16ClNO3. The zero-order chi connectivity index (χ0) is 15.4. The minimum Gasteiger partial charge on any atom is -0.495 e. The van der Waals surface area contributed by atoms with E-state index in [9.17, 15) is 0 Å². The van der Waals surface area contributed by atoms with Crippen molar-refractivity contribution in [3.8, 4) is 17.1 Å². The first-order chi connectivity index (χ1) is 10.8. The fourth-order valence-electron chi connectivity index (χ4n) is 2.17. The minimum absolute atomic E-state index is 0.564. The Morgan fingerprint density at radius 3 is 2.68 bits per heavy atom. The Morgan fingerprint density at radius 1 is 1.09 bits per heavy atom. The number of methoxy groups -OCH3 is 1. The van der Waals surface area contributed by atoms with Gasteiger partial charge in [-0.3, -0.25) is 0 Å². The van der Waals surface area contributed by atoms with Crippen LogP contribution < -0.4 is 10.1 Å². The molecular weight excluding hydrogens is 302 g/mol. The Bertz CT molecular complexity index is 734. The molecule has 0 aliphatic heterocycles. The third-order valence-electron chi connectivity index (χ3n) is 3.28. The van der Waals surface area contributed by atoms with Gasteiger partial charge >= 0.3 is 0 Å². The summed E-state index contributed by atoms with van der Waals surface area (Å²) in [6.07, 6.45) is 1.66. The van der Waals surface area contributed by atoms with Crippen molar-refractivity contribution in [2.45, 2.75) is 13.1 Å². The highest BCUT2D eigenvalue weighted by molar-refractivity contribution is 6.32.